The van der Waals surface area contributed by atoms with Crippen molar-refractivity contribution < 1.29 is 14.7 Å². The van der Waals surface area contributed by atoms with Gasteiger partial charge < -0.3 is 5.11 Å². The van der Waals surface area contributed by atoms with E-state index < -0.39 is 5.97 Å². The average molecular weight is 182 g/mol. The van der Waals surface area contributed by atoms with Crippen LogP contribution in [-0.2, 0) is 9.59 Å². The molecule has 0 rings (SSSR count). The molecule has 0 aromatic rings. The minimum absolute atomic E-state index is 0.139. The lowest BCUT2D eigenvalue weighted by molar-refractivity contribution is -0.137. The Hall–Kier alpha value is -1.30. The Kier molecular flexibility index (Phi) is 6.62. The molecule has 0 aliphatic carbocycles. The van der Waals surface area contributed by atoms with Crippen molar-refractivity contribution in [1.29, 1.82) is 0 Å². The zero-order valence-electron chi connectivity index (χ0n) is 7.80. The molecule has 0 saturated carbocycles. The number of carbonyl (C=O) groups excluding carboxylic acids is 1. The number of unbranched alkanes of at least 4 members (excludes halogenated alkanes) is 1. The van der Waals surface area contributed by atoms with Gasteiger partial charge in [0.1, 0.15) is 5.78 Å². The van der Waals surface area contributed by atoms with Crippen molar-refractivity contribution in [3.05, 3.63) is 0 Å². The fourth-order valence-electron chi connectivity index (χ4n) is 0.743. The first kappa shape index (κ1) is 11.7. The number of hydrogen-bond acceptors (Lipinski definition) is 2. The number of carboxylic acid groups (broad SMARTS) is 1. The van der Waals surface area contributed by atoms with Crippen LogP contribution in [0.15, 0.2) is 0 Å². The predicted octanol–water partition coefficient (Wildman–Crippen LogP) is 1.61. The van der Waals surface area contributed by atoms with Gasteiger partial charge in [-0.2, -0.15) is 0 Å². The third-order valence-electron chi connectivity index (χ3n) is 1.42. The van der Waals surface area contributed by atoms with E-state index in [2.05, 4.69) is 11.8 Å². The van der Waals surface area contributed by atoms with Gasteiger partial charge in [-0.05, 0) is 13.3 Å². The molecule has 0 saturated heterocycles. The molecular formula is C10H14O3. The highest BCUT2D eigenvalue weighted by Crippen LogP contribution is 1.94. The molecule has 0 aromatic heterocycles. The van der Waals surface area contributed by atoms with Gasteiger partial charge in [0.05, 0.1) is 0 Å². The Labute approximate surface area is 78.1 Å². The van der Waals surface area contributed by atoms with E-state index in [-0.39, 0.29) is 12.2 Å². The standard InChI is InChI=1S/C10H14O3/c1-9(11)7-5-3-2-4-6-8-10(12)13/h4-8H2,1H3,(H,12,13). The third kappa shape index (κ3) is 10.7. The van der Waals surface area contributed by atoms with Crippen molar-refractivity contribution in [3.8, 4) is 11.8 Å². The van der Waals surface area contributed by atoms with Gasteiger partial charge in [0.2, 0.25) is 0 Å². The van der Waals surface area contributed by atoms with E-state index in [9.17, 15) is 9.59 Å². The van der Waals surface area contributed by atoms with Gasteiger partial charge in [-0.25, -0.2) is 0 Å². The Morgan fingerprint density at radius 1 is 1.15 bits per heavy atom. The molecule has 0 aliphatic heterocycles. The third-order valence-corrected chi connectivity index (χ3v) is 1.42. The van der Waals surface area contributed by atoms with E-state index in [0.717, 1.165) is 0 Å². The first-order valence-electron chi connectivity index (χ1n) is 4.30. The quantitative estimate of drug-likeness (QED) is 0.519. The zero-order chi connectivity index (χ0) is 10.1. The highest BCUT2D eigenvalue weighted by Gasteiger charge is 1.93. The van der Waals surface area contributed by atoms with Crippen molar-refractivity contribution in [2.24, 2.45) is 0 Å². The molecule has 0 atom stereocenters. The van der Waals surface area contributed by atoms with Gasteiger partial charge in [-0.1, -0.05) is 0 Å². The number of hydrogen-bond donors (Lipinski definition) is 1. The lowest BCUT2D eigenvalue weighted by Crippen LogP contribution is -1.92. The number of carboxylic acids is 1. The number of rotatable bonds is 5. The summed E-state index contributed by atoms with van der Waals surface area (Å²) in [6.07, 6.45) is 2.43. The van der Waals surface area contributed by atoms with Crippen LogP contribution in [0.3, 0.4) is 0 Å². The summed E-state index contributed by atoms with van der Waals surface area (Å²) in [5, 5.41) is 8.30. The van der Waals surface area contributed by atoms with E-state index in [1.165, 1.54) is 6.92 Å². The van der Waals surface area contributed by atoms with E-state index in [0.29, 0.717) is 25.7 Å². The van der Waals surface area contributed by atoms with Gasteiger partial charge in [0.25, 0.3) is 0 Å². The van der Waals surface area contributed by atoms with E-state index >= 15 is 0 Å². The van der Waals surface area contributed by atoms with Gasteiger partial charge in [-0.15, -0.1) is 11.8 Å². The normalized spacial score (nSPS) is 8.69. The van der Waals surface area contributed by atoms with Crippen molar-refractivity contribution in [3.63, 3.8) is 0 Å². The fraction of sp³-hybridized carbons (Fsp3) is 0.600. The second-order valence-corrected chi connectivity index (χ2v) is 2.80. The second-order valence-electron chi connectivity index (χ2n) is 2.80. The zero-order valence-corrected chi connectivity index (χ0v) is 7.80. The fourth-order valence-corrected chi connectivity index (χ4v) is 0.743. The molecule has 0 unspecified atom stereocenters. The molecule has 0 heterocycles. The highest BCUT2D eigenvalue weighted by molar-refractivity contribution is 5.75. The average Bonchev–Trinajstić information content (AvgIpc) is 2.01. The molecule has 0 radical (unpaired) electrons. The lowest BCUT2D eigenvalue weighted by atomic mass is 10.2. The summed E-state index contributed by atoms with van der Waals surface area (Å²) in [6.45, 7) is 1.53. The van der Waals surface area contributed by atoms with Gasteiger partial charge >= 0.3 is 5.97 Å². The van der Waals surface area contributed by atoms with Gasteiger partial charge in [0, 0.05) is 25.7 Å². The first-order chi connectivity index (χ1) is 6.13. The minimum Gasteiger partial charge on any atom is -0.481 e. The van der Waals surface area contributed by atoms with Crippen LogP contribution in [0.1, 0.15) is 39.0 Å². The molecule has 13 heavy (non-hydrogen) atoms. The van der Waals surface area contributed by atoms with Crippen molar-refractivity contribution in [2.45, 2.75) is 39.0 Å². The molecule has 0 spiro atoms. The molecule has 3 nitrogen and oxygen atoms in total. The second kappa shape index (κ2) is 7.35. The van der Waals surface area contributed by atoms with Crippen LogP contribution in [0.5, 0.6) is 0 Å². The van der Waals surface area contributed by atoms with Crippen molar-refractivity contribution in [2.75, 3.05) is 0 Å². The summed E-state index contributed by atoms with van der Waals surface area (Å²) in [6, 6.07) is 0. The molecule has 0 bridgehead atoms. The largest absolute Gasteiger partial charge is 0.481 e. The maximum Gasteiger partial charge on any atom is 0.303 e. The molecule has 0 aliphatic rings. The van der Waals surface area contributed by atoms with Crippen LogP contribution in [-0.4, -0.2) is 16.9 Å². The Balaban J connectivity index is 3.30. The molecule has 0 fully saturated rings. The Bertz CT molecular complexity index is 232. The Morgan fingerprint density at radius 2 is 1.77 bits per heavy atom. The van der Waals surface area contributed by atoms with Gasteiger partial charge in [-0.3, -0.25) is 9.59 Å². The van der Waals surface area contributed by atoms with Crippen molar-refractivity contribution >= 4 is 11.8 Å². The number of Topliss-reactive ketones (excluding diaryl/α,β-unsaturated/α-hetero) is 1. The predicted molar refractivity (Wildman–Crippen MR) is 49.2 cm³/mol. The van der Waals surface area contributed by atoms with Crippen LogP contribution in [0.4, 0.5) is 0 Å². The molecular weight excluding hydrogens is 168 g/mol. The summed E-state index contributed by atoms with van der Waals surface area (Å²) < 4.78 is 0. The van der Waals surface area contributed by atoms with Crippen LogP contribution in [0, 0.1) is 11.8 Å². The van der Waals surface area contributed by atoms with Crippen LogP contribution in [0.25, 0.3) is 0 Å². The highest BCUT2D eigenvalue weighted by atomic mass is 16.4. The first-order valence-corrected chi connectivity index (χ1v) is 4.30. The summed E-state index contributed by atoms with van der Waals surface area (Å²) in [4.78, 5) is 20.6. The smallest absolute Gasteiger partial charge is 0.303 e. The topological polar surface area (TPSA) is 54.4 Å². The number of ketones is 1. The maximum atomic E-state index is 10.5. The maximum absolute atomic E-state index is 10.5. The summed E-state index contributed by atoms with van der Waals surface area (Å²) >= 11 is 0. The summed E-state index contributed by atoms with van der Waals surface area (Å²) in [5.74, 6) is 5.01. The molecule has 1 N–H and O–H groups in total. The summed E-state index contributed by atoms with van der Waals surface area (Å²) in [5.41, 5.74) is 0. The molecule has 3 heteroatoms. The lowest BCUT2D eigenvalue weighted by Gasteiger charge is -1.88. The van der Waals surface area contributed by atoms with Crippen LogP contribution < -0.4 is 0 Å². The SMILES string of the molecule is CC(=O)CCC#CCCCC(=O)O. The molecule has 0 aromatic carbocycles. The number of carbonyl (C=O) groups is 2. The van der Waals surface area contributed by atoms with E-state index in [1.54, 1.807) is 0 Å². The van der Waals surface area contributed by atoms with E-state index in [1.807, 2.05) is 0 Å². The van der Waals surface area contributed by atoms with Gasteiger partial charge in [0.15, 0.2) is 0 Å². The van der Waals surface area contributed by atoms with Crippen molar-refractivity contribution in [1.82, 2.24) is 0 Å². The Morgan fingerprint density at radius 3 is 2.31 bits per heavy atom. The number of aliphatic carboxylic acids is 1. The monoisotopic (exact) mass is 182 g/mol. The van der Waals surface area contributed by atoms with Crippen LogP contribution >= 0.6 is 0 Å². The molecule has 0 amide bonds. The van der Waals surface area contributed by atoms with E-state index in [4.69, 9.17) is 5.11 Å². The summed E-state index contributed by atoms with van der Waals surface area (Å²) in [7, 11) is 0. The molecule has 72 valence electrons. The van der Waals surface area contributed by atoms with Crippen LogP contribution in [0.2, 0.25) is 0 Å². The minimum atomic E-state index is -0.787.